The SMILES string of the molecule is COc1ccc(N(Cc2cc(CN3CCOCC3)cs2)S(=O)(=O)c2cccc(Cl)c2)cc1. The van der Waals surface area contributed by atoms with E-state index in [-0.39, 0.29) is 11.4 Å². The molecule has 0 amide bonds. The van der Waals surface area contributed by atoms with E-state index in [1.165, 1.54) is 15.9 Å². The Balaban J connectivity index is 1.62. The molecule has 0 N–H and O–H groups in total. The summed E-state index contributed by atoms with van der Waals surface area (Å²) in [5.74, 6) is 0.665. The number of benzene rings is 2. The van der Waals surface area contributed by atoms with Crippen LogP contribution in [0, 0.1) is 0 Å². The standard InChI is InChI=1S/C23H25ClN2O4S2/c1-29-21-7-5-20(6-8-21)26(32(27,28)23-4-2-3-19(24)14-23)16-22-13-18(17-31-22)15-25-9-11-30-12-10-25/h2-8,13-14,17H,9-12,15-16H2,1H3. The monoisotopic (exact) mass is 492 g/mol. The fraction of sp³-hybridized carbons (Fsp3) is 0.304. The summed E-state index contributed by atoms with van der Waals surface area (Å²) in [6, 6.07) is 15.5. The van der Waals surface area contributed by atoms with E-state index in [9.17, 15) is 8.42 Å². The molecule has 32 heavy (non-hydrogen) atoms. The lowest BCUT2D eigenvalue weighted by Crippen LogP contribution is -2.35. The van der Waals surface area contributed by atoms with Crippen molar-refractivity contribution in [2.75, 3.05) is 37.7 Å². The van der Waals surface area contributed by atoms with Crippen molar-refractivity contribution >= 4 is 38.6 Å². The van der Waals surface area contributed by atoms with Crippen LogP contribution in [0.15, 0.2) is 64.9 Å². The summed E-state index contributed by atoms with van der Waals surface area (Å²) in [7, 11) is -2.24. The molecular formula is C23H25ClN2O4S2. The molecule has 0 radical (unpaired) electrons. The van der Waals surface area contributed by atoms with Crippen LogP contribution in [-0.2, 0) is 27.8 Å². The lowest BCUT2D eigenvalue weighted by atomic mass is 10.2. The minimum absolute atomic E-state index is 0.158. The Labute approximate surface area is 198 Å². The number of halogens is 1. The molecule has 0 unspecified atom stereocenters. The van der Waals surface area contributed by atoms with Crippen molar-refractivity contribution in [3.63, 3.8) is 0 Å². The molecule has 1 aliphatic heterocycles. The molecule has 1 fully saturated rings. The molecule has 0 spiro atoms. The Bertz CT molecular complexity index is 1140. The minimum atomic E-state index is -3.82. The molecule has 6 nitrogen and oxygen atoms in total. The van der Waals surface area contributed by atoms with Crippen molar-refractivity contribution in [2.45, 2.75) is 18.0 Å². The average molecular weight is 493 g/mol. The summed E-state index contributed by atoms with van der Waals surface area (Å²) in [4.78, 5) is 3.47. The van der Waals surface area contributed by atoms with Gasteiger partial charge in [0.25, 0.3) is 10.0 Å². The van der Waals surface area contributed by atoms with E-state index in [0.29, 0.717) is 16.5 Å². The van der Waals surface area contributed by atoms with E-state index >= 15 is 0 Å². The highest BCUT2D eigenvalue weighted by Gasteiger charge is 2.26. The summed E-state index contributed by atoms with van der Waals surface area (Å²) in [6.07, 6.45) is 0. The number of sulfonamides is 1. The Hall–Kier alpha value is -2.10. The summed E-state index contributed by atoms with van der Waals surface area (Å²) in [5.41, 5.74) is 1.75. The van der Waals surface area contributed by atoms with Crippen LogP contribution in [0.25, 0.3) is 0 Å². The van der Waals surface area contributed by atoms with E-state index < -0.39 is 10.0 Å². The first-order valence-corrected chi connectivity index (χ1v) is 12.9. The maximum absolute atomic E-state index is 13.6. The third-order valence-electron chi connectivity index (χ3n) is 5.26. The smallest absolute Gasteiger partial charge is 0.264 e. The van der Waals surface area contributed by atoms with Gasteiger partial charge in [-0.2, -0.15) is 0 Å². The Morgan fingerprint density at radius 3 is 2.56 bits per heavy atom. The fourth-order valence-electron chi connectivity index (χ4n) is 3.57. The summed E-state index contributed by atoms with van der Waals surface area (Å²) in [6.45, 7) is 4.39. The van der Waals surface area contributed by atoms with Crippen LogP contribution in [0.3, 0.4) is 0 Å². The van der Waals surface area contributed by atoms with Gasteiger partial charge in [0.2, 0.25) is 0 Å². The first-order valence-electron chi connectivity index (χ1n) is 10.2. The third-order valence-corrected chi connectivity index (χ3v) is 8.24. The number of hydrogen-bond donors (Lipinski definition) is 0. The molecule has 1 aromatic heterocycles. The predicted octanol–water partition coefficient (Wildman–Crippen LogP) is 4.64. The lowest BCUT2D eigenvalue weighted by molar-refractivity contribution is 0.0342. The number of anilines is 1. The molecule has 4 rings (SSSR count). The number of hydrogen-bond acceptors (Lipinski definition) is 6. The summed E-state index contributed by atoms with van der Waals surface area (Å²) < 4.78 is 39.2. The number of ether oxygens (including phenoxy) is 2. The fourth-order valence-corrected chi connectivity index (χ4v) is 6.26. The van der Waals surface area contributed by atoms with Gasteiger partial charge in [-0.05, 0) is 59.5 Å². The van der Waals surface area contributed by atoms with Crippen LogP contribution < -0.4 is 9.04 Å². The molecule has 0 bridgehead atoms. The first-order chi connectivity index (χ1) is 15.5. The quantitative estimate of drug-likeness (QED) is 0.458. The second-order valence-electron chi connectivity index (χ2n) is 7.48. The van der Waals surface area contributed by atoms with Gasteiger partial charge in [-0.15, -0.1) is 11.3 Å². The van der Waals surface area contributed by atoms with Gasteiger partial charge in [0, 0.05) is 29.5 Å². The molecular weight excluding hydrogens is 468 g/mol. The topological polar surface area (TPSA) is 59.1 Å². The molecule has 9 heteroatoms. The Morgan fingerprint density at radius 2 is 1.88 bits per heavy atom. The van der Waals surface area contributed by atoms with Crippen LogP contribution >= 0.6 is 22.9 Å². The van der Waals surface area contributed by atoms with Crippen molar-refractivity contribution in [2.24, 2.45) is 0 Å². The van der Waals surface area contributed by atoms with Gasteiger partial charge in [-0.1, -0.05) is 17.7 Å². The highest BCUT2D eigenvalue weighted by molar-refractivity contribution is 7.92. The number of morpholine rings is 1. The van der Waals surface area contributed by atoms with Crippen LogP contribution in [0.1, 0.15) is 10.4 Å². The Morgan fingerprint density at radius 1 is 1.12 bits per heavy atom. The van der Waals surface area contributed by atoms with E-state index in [1.54, 1.807) is 60.9 Å². The molecule has 0 aliphatic carbocycles. The number of rotatable bonds is 8. The molecule has 2 aromatic carbocycles. The predicted molar refractivity (Wildman–Crippen MR) is 128 cm³/mol. The summed E-state index contributed by atoms with van der Waals surface area (Å²) >= 11 is 7.65. The third kappa shape index (κ3) is 5.44. The molecule has 2 heterocycles. The number of nitrogens with zero attached hydrogens (tertiary/aromatic N) is 2. The summed E-state index contributed by atoms with van der Waals surface area (Å²) in [5, 5.41) is 2.48. The first kappa shape index (κ1) is 23.1. The zero-order valence-corrected chi connectivity index (χ0v) is 20.1. The maximum Gasteiger partial charge on any atom is 0.264 e. The van der Waals surface area contributed by atoms with E-state index in [2.05, 4.69) is 16.3 Å². The Kier molecular flexibility index (Phi) is 7.37. The van der Waals surface area contributed by atoms with Gasteiger partial charge in [-0.25, -0.2) is 8.42 Å². The van der Waals surface area contributed by atoms with Crippen molar-refractivity contribution < 1.29 is 17.9 Å². The second-order valence-corrected chi connectivity index (χ2v) is 10.8. The van der Waals surface area contributed by atoms with Crippen molar-refractivity contribution in [1.82, 2.24) is 4.90 Å². The molecule has 0 saturated carbocycles. The van der Waals surface area contributed by atoms with Crippen LogP contribution in [0.4, 0.5) is 5.69 Å². The average Bonchev–Trinajstić information content (AvgIpc) is 3.25. The number of methoxy groups -OCH3 is 1. The molecule has 1 saturated heterocycles. The molecule has 1 aliphatic rings. The van der Waals surface area contributed by atoms with Crippen LogP contribution in [0.5, 0.6) is 5.75 Å². The van der Waals surface area contributed by atoms with E-state index in [1.807, 2.05) is 0 Å². The molecule has 170 valence electrons. The van der Waals surface area contributed by atoms with Crippen LogP contribution in [0.2, 0.25) is 5.02 Å². The van der Waals surface area contributed by atoms with Gasteiger partial charge >= 0.3 is 0 Å². The lowest BCUT2D eigenvalue weighted by Gasteiger charge is -2.26. The highest BCUT2D eigenvalue weighted by atomic mass is 35.5. The van der Waals surface area contributed by atoms with Crippen molar-refractivity contribution in [1.29, 1.82) is 0 Å². The molecule has 0 atom stereocenters. The van der Waals surface area contributed by atoms with Crippen molar-refractivity contribution in [3.8, 4) is 5.75 Å². The zero-order valence-electron chi connectivity index (χ0n) is 17.7. The second kappa shape index (κ2) is 10.2. The van der Waals surface area contributed by atoms with Gasteiger partial charge < -0.3 is 9.47 Å². The normalized spacial score (nSPS) is 14.9. The van der Waals surface area contributed by atoms with Gasteiger partial charge in [0.15, 0.2) is 0 Å². The maximum atomic E-state index is 13.6. The van der Waals surface area contributed by atoms with Gasteiger partial charge in [-0.3, -0.25) is 9.21 Å². The van der Waals surface area contributed by atoms with E-state index in [0.717, 1.165) is 37.7 Å². The van der Waals surface area contributed by atoms with E-state index in [4.69, 9.17) is 21.1 Å². The highest BCUT2D eigenvalue weighted by Crippen LogP contribution is 2.30. The zero-order chi connectivity index (χ0) is 22.6. The van der Waals surface area contributed by atoms with Gasteiger partial charge in [0.1, 0.15) is 5.75 Å². The van der Waals surface area contributed by atoms with Gasteiger partial charge in [0.05, 0.1) is 37.5 Å². The largest absolute Gasteiger partial charge is 0.497 e. The van der Waals surface area contributed by atoms with Crippen LogP contribution in [-0.4, -0.2) is 46.7 Å². The number of thiophene rings is 1. The molecule has 3 aromatic rings. The minimum Gasteiger partial charge on any atom is -0.497 e. The van der Waals surface area contributed by atoms with Crippen molar-refractivity contribution in [3.05, 3.63) is 75.4 Å².